The molecular weight excluding hydrogens is 511 g/mol. The van der Waals surface area contributed by atoms with E-state index in [4.69, 9.17) is 4.74 Å². The fourth-order valence-corrected chi connectivity index (χ4v) is 3.90. The van der Waals surface area contributed by atoms with Gasteiger partial charge in [0.05, 0.1) is 12.5 Å². The van der Waals surface area contributed by atoms with E-state index >= 15 is 0 Å². The lowest BCUT2D eigenvalue weighted by atomic mass is 10.0. The Bertz CT molecular complexity index is 634. The molecule has 0 aromatic heterocycles. The van der Waals surface area contributed by atoms with Crippen molar-refractivity contribution in [3.05, 3.63) is 48.4 Å². The zero-order valence-corrected chi connectivity index (χ0v) is 17.0. The highest BCUT2D eigenvalue weighted by molar-refractivity contribution is 14.1. The summed E-state index contributed by atoms with van der Waals surface area (Å²) in [7, 11) is 0. The average Bonchev–Trinajstić information content (AvgIpc) is 2.37. The van der Waals surface area contributed by atoms with Crippen molar-refractivity contribution >= 4 is 54.5 Å². The number of hydrogen-bond acceptors (Lipinski definition) is 2. The van der Waals surface area contributed by atoms with E-state index in [0.717, 1.165) is 24.7 Å². The summed E-state index contributed by atoms with van der Waals surface area (Å²) >= 11 is 9.22. The second-order valence-corrected chi connectivity index (χ2v) is 8.07. The highest BCUT2D eigenvalue weighted by Gasteiger charge is 2.12. The summed E-state index contributed by atoms with van der Waals surface area (Å²) in [5.74, 6) is 2.29. The molecule has 0 amide bonds. The van der Waals surface area contributed by atoms with Crippen molar-refractivity contribution in [2.45, 2.75) is 20.3 Å². The molecule has 5 heteroatoms. The third-order valence-corrected chi connectivity index (χ3v) is 4.88. The summed E-state index contributed by atoms with van der Waals surface area (Å²) in [6.07, 6.45) is 1.02. The molecular formula is C16H15Br2IO2. The van der Waals surface area contributed by atoms with Crippen LogP contribution in [0.1, 0.15) is 19.4 Å². The molecule has 2 aromatic carbocycles. The second kappa shape index (κ2) is 7.33. The number of phenolic OH excluding ortho intramolecular Hbond substituents is 1. The van der Waals surface area contributed by atoms with Gasteiger partial charge in [-0.15, -0.1) is 0 Å². The van der Waals surface area contributed by atoms with Gasteiger partial charge >= 0.3 is 0 Å². The first-order chi connectivity index (χ1) is 9.86. The molecule has 0 aliphatic carbocycles. The number of rotatable bonds is 4. The normalized spacial score (nSPS) is 11.0. The van der Waals surface area contributed by atoms with Gasteiger partial charge in [-0.3, -0.25) is 0 Å². The Hall–Kier alpha value is -0.270. The minimum absolute atomic E-state index is 0.258. The van der Waals surface area contributed by atoms with Crippen molar-refractivity contribution < 1.29 is 9.84 Å². The summed E-state index contributed by atoms with van der Waals surface area (Å²) in [6, 6.07) is 9.36. The SMILES string of the molecule is CC(C)Cc1cc(Br)c(Oc2ccc(O)c(I)c2)c(Br)c1. The lowest BCUT2D eigenvalue weighted by molar-refractivity contribution is 0.458. The first-order valence-corrected chi connectivity index (χ1v) is 9.17. The zero-order chi connectivity index (χ0) is 15.6. The van der Waals surface area contributed by atoms with Gasteiger partial charge < -0.3 is 9.84 Å². The summed E-state index contributed by atoms with van der Waals surface area (Å²) < 4.78 is 8.51. The van der Waals surface area contributed by atoms with Crippen LogP contribution < -0.4 is 4.74 Å². The Morgan fingerprint density at radius 1 is 1.14 bits per heavy atom. The van der Waals surface area contributed by atoms with E-state index < -0.39 is 0 Å². The monoisotopic (exact) mass is 524 g/mol. The molecule has 0 atom stereocenters. The van der Waals surface area contributed by atoms with E-state index in [1.54, 1.807) is 18.2 Å². The molecule has 0 fully saturated rings. The van der Waals surface area contributed by atoms with Crippen molar-refractivity contribution in [1.29, 1.82) is 0 Å². The van der Waals surface area contributed by atoms with Crippen LogP contribution >= 0.6 is 54.5 Å². The molecule has 0 heterocycles. The van der Waals surface area contributed by atoms with Gasteiger partial charge in [0.1, 0.15) is 11.5 Å². The van der Waals surface area contributed by atoms with Crippen LogP contribution in [0.2, 0.25) is 0 Å². The topological polar surface area (TPSA) is 29.5 Å². The molecule has 112 valence electrons. The van der Waals surface area contributed by atoms with Gasteiger partial charge in [-0.1, -0.05) is 13.8 Å². The lowest BCUT2D eigenvalue weighted by Crippen LogP contribution is -1.96. The van der Waals surface area contributed by atoms with Crippen LogP contribution in [0.25, 0.3) is 0 Å². The van der Waals surface area contributed by atoms with E-state index in [9.17, 15) is 5.11 Å². The van der Waals surface area contributed by atoms with Gasteiger partial charge in [-0.25, -0.2) is 0 Å². The molecule has 0 radical (unpaired) electrons. The van der Waals surface area contributed by atoms with Crippen molar-refractivity contribution in [3.63, 3.8) is 0 Å². The Kier molecular flexibility index (Phi) is 5.96. The van der Waals surface area contributed by atoms with E-state index in [2.05, 4.69) is 80.4 Å². The zero-order valence-electron chi connectivity index (χ0n) is 11.7. The fraction of sp³-hybridized carbons (Fsp3) is 0.250. The Morgan fingerprint density at radius 3 is 2.29 bits per heavy atom. The molecule has 0 saturated heterocycles. The van der Waals surface area contributed by atoms with Crippen molar-refractivity contribution in [2.24, 2.45) is 5.92 Å². The van der Waals surface area contributed by atoms with E-state index in [1.807, 2.05) is 0 Å². The van der Waals surface area contributed by atoms with E-state index in [0.29, 0.717) is 11.7 Å². The fourth-order valence-electron chi connectivity index (χ4n) is 1.97. The Labute approximate surface area is 155 Å². The highest BCUT2D eigenvalue weighted by Crippen LogP contribution is 2.39. The molecule has 1 N–H and O–H groups in total. The van der Waals surface area contributed by atoms with Gasteiger partial charge in [-0.05, 0) is 103 Å². The minimum atomic E-state index is 0.258. The summed E-state index contributed by atoms with van der Waals surface area (Å²) in [5.41, 5.74) is 1.26. The highest BCUT2D eigenvalue weighted by atomic mass is 127. The molecule has 2 aromatic rings. The number of benzene rings is 2. The number of phenols is 1. The lowest BCUT2D eigenvalue weighted by Gasteiger charge is -2.13. The summed E-state index contributed by atoms with van der Waals surface area (Å²) in [5, 5.41) is 9.56. The average molecular weight is 526 g/mol. The van der Waals surface area contributed by atoms with Crippen LogP contribution in [-0.4, -0.2) is 5.11 Å². The predicted molar refractivity (Wildman–Crippen MR) is 101 cm³/mol. The van der Waals surface area contributed by atoms with Gasteiger partial charge in [0.2, 0.25) is 0 Å². The van der Waals surface area contributed by atoms with Crippen LogP contribution in [0.4, 0.5) is 0 Å². The van der Waals surface area contributed by atoms with Crippen LogP contribution in [0, 0.1) is 9.49 Å². The largest absolute Gasteiger partial charge is 0.507 e. The van der Waals surface area contributed by atoms with Crippen molar-refractivity contribution in [3.8, 4) is 17.2 Å². The first kappa shape index (κ1) is 17.1. The number of aromatic hydroxyl groups is 1. The molecule has 0 aliphatic heterocycles. The molecule has 0 saturated carbocycles. The first-order valence-electron chi connectivity index (χ1n) is 6.51. The second-order valence-electron chi connectivity index (χ2n) is 5.20. The van der Waals surface area contributed by atoms with E-state index in [1.165, 1.54) is 5.56 Å². The van der Waals surface area contributed by atoms with Gasteiger partial charge in [0, 0.05) is 0 Å². The third-order valence-electron chi connectivity index (χ3n) is 2.84. The van der Waals surface area contributed by atoms with Crippen LogP contribution in [0.5, 0.6) is 17.2 Å². The maximum atomic E-state index is 9.56. The van der Waals surface area contributed by atoms with Crippen LogP contribution in [0.3, 0.4) is 0 Å². The summed E-state index contributed by atoms with van der Waals surface area (Å²) in [4.78, 5) is 0. The molecule has 21 heavy (non-hydrogen) atoms. The Balaban J connectivity index is 2.29. The number of hydrogen-bond donors (Lipinski definition) is 1. The summed E-state index contributed by atoms with van der Waals surface area (Å²) in [6.45, 7) is 4.40. The Morgan fingerprint density at radius 2 is 1.76 bits per heavy atom. The molecule has 0 spiro atoms. The molecule has 0 aliphatic rings. The number of halogens is 3. The minimum Gasteiger partial charge on any atom is -0.507 e. The van der Waals surface area contributed by atoms with Crippen molar-refractivity contribution in [1.82, 2.24) is 0 Å². The van der Waals surface area contributed by atoms with Crippen molar-refractivity contribution in [2.75, 3.05) is 0 Å². The van der Waals surface area contributed by atoms with Crippen LogP contribution in [-0.2, 0) is 6.42 Å². The quantitative estimate of drug-likeness (QED) is 0.461. The van der Waals surface area contributed by atoms with Crippen LogP contribution in [0.15, 0.2) is 39.3 Å². The molecule has 0 unspecified atom stereocenters. The van der Waals surface area contributed by atoms with E-state index in [-0.39, 0.29) is 5.75 Å². The van der Waals surface area contributed by atoms with Gasteiger partial charge in [0.15, 0.2) is 5.75 Å². The molecule has 2 nitrogen and oxygen atoms in total. The van der Waals surface area contributed by atoms with Gasteiger partial charge in [-0.2, -0.15) is 0 Å². The van der Waals surface area contributed by atoms with Gasteiger partial charge in [0.25, 0.3) is 0 Å². The molecule has 2 rings (SSSR count). The predicted octanol–water partition coefficient (Wildman–Crippen LogP) is 6.51. The number of ether oxygens (including phenoxy) is 1. The third kappa shape index (κ3) is 4.60. The maximum absolute atomic E-state index is 9.56. The maximum Gasteiger partial charge on any atom is 0.155 e. The molecule has 0 bridgehead atoms. The smallest absolute Gasteiger partial charge is 0.155 e. The standard InChI is InChI=1S/C16H15Br2IO2/c1-9(2)5-10-6-12(17)16(13(18)7-10)21-11-3-4-15(20)14(19)8-11/h3-4,6-9,20H,5H2,1-2H3.